The minimum absolute atomic E-state index is 0.351. The zero-order valence-electron chi connectivity index (χ0n) is 7.42. The molecule has 0 aliphatic heterocycles. The Balaban J connectivity index is 2.35. The first-order valence-electron chi connectivity index (χ1n) is 3.95. The van der Waals surface area contributed by atoms with E-state index in [2.05, 4.69) is 43.6 Å². The lowest BCUT2D eigenvalue weighted by Crippen LogP contribution is -2.92. The third-order valence-corrected chi connectivity index (χ3v) is 2.39. The maximum Gasteiger partial charge on any atom is 0.111 e. The van der Waals surface area contributed by atoms with Crippen molar-refractivity contribution in [2.45, 2.75) is 32.9 Å². The fourth-order valence-electron chi connectivity index (χ4n) is 0.836. The van der Waals surface area contributed by atoms with Crippen molar-refractivity contribution in [1.29, 1.82) is 0 Å². The van der Waals surface area contributed by atoms with Crippen LogP contribution < -0.4 is 5.32 Å². The quantitative estimate of drug-likeness (QED) is 0.694. The third kappa shape index (κ3) is 3.54. The van der Waals surface area contributed by atoms with E-state index in [4.69, 9.17) is 0 Å². The molecule has 0 aliphatic carbocycles. The molecule has 1 aromatic rings. The van der Waals surface area contributed by atoms with Crippen LogP contribution in [0, 0.1) is 0 Å². The molecule has 1 aromatic heterocycles. The molecular weight excluding hydrogens is 154 g/mol. The van der Waals surface area contributed by atoms with Crippen LogP contribution in [0.15, 0.2) is 17.5 Å². The number of hydrogen-bond donors (Lipinski definition) is 1. The van der Waals surface area contributed by atoms with Crippen molar-refractivity contribution in [2.75, 3.05) is 0 Å². The molecule has 0 aliphatic rings. The highest BCUT2D eigenvalue weighted by Crippen LogP contribution is 2.06. The van der Waals surface area contributed by atoms with Crippen LogP contribution in [0.4, 0.5) is 0 Å². The summed E-state index contributed by atoms with van der Waals surface area (Å²) in [6.07, 6.45) is 0. The highest BCUT2D eigenvalue weighted by Gasteiger charge is 2.12. The second-order valence-electron chi connectivity index (χ2n) is 3.85. The Kier molecular flexibility index (Phi) is 2.68. The fraction of sp³-hybridized carbons (Fsp3) is 0.556. The van der Waals surface area contributed by atoms with Gasteiger partial charge in [-0.1, -0.05) is 6.07 Å². The van der Waals surface area contributed by atoms with Gasteiger partial charge >= 0.3 is 0 Å². The first-order chi connectivity index (χ1) is 5.08. The molecule has 2 N–H and O–H groups in total. The zero-order valence-corrected chi connectivity index (χ0v) is 8.24. The normalized spacial score (nSPS) is 11.9. The van der Waals surface area contributed by atoms with Crippen molar-refractivity contribution in [3.8, 4) is 0 Å². The molecule has 0 unspecified atom stereocenters. The van der Waals surface area contributed by atoms with E-state index in [1.165, 1.54) is 4.88 Å². The van der Waals surface area contributed by atoms with Gasteiger partial charge in [-0.15, -0.1) is 11.3 Å². The fourth-order valence-corrected chi connectivity index (χ4v) is 1.50. The highest BCUT2D eigenvalue weighted by atomic mass is 32.1. The van der Waals surface area contributed by atoms with Crippen molar-refractivity contribution in [2.24, 2.45) is 0 Å². The Morgan fingerprint density at radius 1 is 1.45 bits per heavy atom. The van der Waals surface area contributed by atoms with E-state index in [0.717, 1.165) is 6.54 Å². The van der Waals surface area contributed by atoms with Crippen molar-refractivity contribution in [3.05, 3.63) is 22.4 Å². The Morgan fingerprint density at radius 3 is 2.64 bits per heavy atom. The minimum atomic E-state index is 0.351. The van der Waals surface area contributed by atoms with Crippen LogP contribution in [0.3, 0.4) is 0 Å². The van der Waals surface area contributed by atoms with Crippen LogP contribution in [0.25, 0.3) is 0 Å². The summed E-state index contributed by atoms with van der Waals surface area (Å²) in [5.74, 6) is 0. The Bertz CT molecular complexity index is 196. The maximum absolute atomic E-state index is 2.36. The summed E-state index contributed by atoms with van der Waals surface area (Å²) < 4.78 is 0. The topological polar surface area (TPSA) is 16.6 Å². The molecule has 0 atom stereocenters. The average molecular weight is 170 g/mol. The number of quaternary nitrogens is 1. The van der Waals surface area contributed by atoms with E-state index in [9.17, 15) is 0 Å². The molecule has 0 bridgehead atoms. The molecule has 1 rings (SSSR count). The van der Waals surface area contributed by atoms with Gasteiger partial charge in [0.05, 0.1) is 10.4 Å². The molecule has 1 nitrogen and oxygen atoms in total. The highest BCUT2D eigenvalue weighted by molar-refractivity contribution is 7.09. The molecule has 62 valence electrons. The number of rotatable bonds is 2. The molecule has 0 radical (unpaired) electrons. The summed E-state index contributed by atoms with van der Waals surface area (Å²) in [7, 11) is 0. The maximum atomic E-state index is 2.36. The SMILES string of the molecule is CC(C)(C)[NH2+]Cc1cccs1. The third-order valence-electron chi connectivity index (χ3n) is 1.50. The van der Waals surface area contributed by atoms with Crippen LogP contribution in [0.5, 0.6) is 0 Å². The Morgan fingerprint density at radius 2 is 2.18 bits per heavy atom. The number of hydrogen-bond acceptors (Lipinski definition) is 1. The van der Waals surface area contributed by atoms with Gasteiger partial charge in [-0.05, 0) is 32.2 Å². The van der Waals surface area contributed by atoms with Crippen LogP contribution in [-0.4, -0.2) is 5.54 Å². The number of nitrogens with two attached hydrogens (primary N) is 1. The predicted octanol–water partition coefficient (Wildman–Crippen LogP) is 1.61. The van der Waals surface area contributed by atoms with E-state index < -0.39 is 0 Å². The van der Waals surface area contributed by atoms with E-state index in [0.29, 0.717) is 5.54 Å². The summed E-state index contributed by atoms with van der Waals surface area (Å²) >= 11 is 1.83. The summed E-state index contributed by atoms with van der Waals surface area (Å²) in [5.41, 5.74) is 0.351. The lowest BCUT2D eigenvalue weighted by Gasteiger charge is -2.15. The van der Waals surface area contributed by atoms with Crippen LogP contribution >= 0.6 is 11.3 Å². The van der Waals surface area contributed by atoms with Gasteiger partial charge in [-0.2, -0.15) is 0 Å². The van der Waals surface area contributed by atoms with Gasteiger partial charge in [0.2, 0.25) is 0 Å². The van der Waals surface area contributed by atoms with Crippen LogP contribution in [0.1, 0.15) is 25.6 Å². The Labute approximate surface area is 72.4 Å². The Hall–Kier alpha value is -0.340. The zero-order chi connectivity index (χ0) is 8.32. The molecule has 0 saturated carbocycles. The van der Waals surface area contributed by atoms with E-state index >= 15 is 0 Å². The standard InChI is InChI=1S/C9H15NS/c1-9(2,3)10-7-8-5-4-6-11-8/h4-6,10H,7H2,1-3H3/p+1. The van der Waals surface area contributed by atoms with Gasteiger partial charge in [0.15, 0.2) is 0 Å². The van der Waals surface area contributed by atoms with E-state index in [1.807, 2.05) is 11.3 Å². The molecule has 0 aromatic carbocycles. The lowest BCUT2D eigenvalue weighted by atomic mass is 10.1. The van der Waals surface area contributed by atoms with Crippen LogP contribution in [-0.2, 0) is 6.54 Å². The summed E-state index contributed by atoms with van der Waals surface area (Å²) in [4.78, 5) is 1.46. The van der Waals surface area contributed by atoms with Gasteiger partial charge in [0.1, 0.15) is 6.54 Å². The summed E-state index contributed by atoms with van der Waals surface area (Å²) in [6.45, 7) is 7.82. The summed E-state index contributed by atoms with van der Waals surface area (Å²) in [6, 6.07) is 4.30. The van der Waals surface area contributed by atoms with Gasteiger partial charge in [-0.3, -0.25) is 0 Å². The van der Waals surface area contributed by atoms with Gasteiger partial charge in [0, 0.05) is 0 Å². The van der Waals surface area contributed by atoms with Crippen molar-refractivity contribution in [1.82, 2.24) is 0 Å². The molecule has 11 heavy (non-hydrogen) atoms. The van der Waals surface area contributed by atoms with E-state index in [-0.39, 0.29) is 0 Å². The second kappa shape index (κ2) is 3.37. The first-order valence-corrected chi connectivity index (χ1v) is 4.83. The molecule has 0 fully saturated rings. The first kappa shape index (κ1) is 8.75. The molecule has 0 saturated heterocycles. The number of thiophene rings is 1. The predicted molar refractivity (Wildman–Crippen MR) is 49.7 cm³/mol. The molecule has 0 amide bonds. The monoisotopic (exact) mass is 170 g/mol. The molecule has 1 heterocycles. The van der Waals surface area contributed by atoms with Crippen molar-refractivity contribution >= 4 is 11.3 Å². The largest absolute Gasteiger partial charge is 0.338 e. The molecule has 2 heteroatoms. The lowest BCUT2D eigenvalue weighted by molar-refractivity contribution is -0.731. The summed E-state index contributed by atoms with van der Waals surface area (Å²) in [5, 5.41) is 4.49. The molecule has 0 spiro atoms. The smallest absolute Gasteiger partial charge is 0.111 e. The minimum Gasteiger partial charge on any atom is -0.338 e. The molecular formula is C9H16NS+. The van der Waals surface area contributed by atoms with Crippen molar-refractivity contribution in [3.63, 3.8) is 0 Å². The second-order valence-corrected chi connectivity index (χ2v) is 4.89. The van der Waals surface area contributed by atoms with Crippen LogP contribution in [0.2, 0.25) is 0 Å². The van der Waals surface area contributed by atoms with Gasteiger partial charge in [-0.25, -0.2) is 0 Å². The van der Waals surface area contributed by atoms with Gasteiger partial charge < -0.3 is 5.32 Å². The van der Waals surface area contributed by atoms with Crippen molar-refractivity contribution < 1.29 is 5.32 Å². The van der Waals surface area contributed by atoms with Gasteiger partial charge in [0.25, 0.3) is 0 Å². The average Bonchev–Trinajstić information content (AvgIpc) is 2.32. The van der Waals surface area contributed by atoms with E-state index in [1.54, 1.807) is 0 Å².